The average molecular weight is 429 g/mol. The van der Waals surface area contributed by atoms with Crippen molar-refractivity contribution >= 4 is 51.5 Å². The van der Waals surface area contributed by atoms with Crippen molar-refractivity contribution in [1.82, 2.24) is 4.57 Å². The van der Waals surface area contributed by atoms with E-state index in [4.69, 9.17) is 23.2 Å². The van der Waals surface area contributed by atoms with Crippen LogP contribution in [-0.4, -0.2) is 22.4 Å². The number of fused-ring (bicyclic) bond motifs is 1. The van der Waals surface area contributed by atoms with Gasteiger partial charge < -0.3 is 9.88 Å². The van der Waals surface area contributed by atoms with Crippen molar-refractivity contribution in [2.45, 2.75) is 19.6 Å². The Bertz CT molecular complexity index is 1090. The topological polar surface area (TPSA) is 51.1 Å². The number of hydrogen-bond acceptors (Lipinski definition) is 2. The maximum absolute atomic E-state index is 13.0. The van der Waals surface area contributed by atoms with Gasteiger partial charge in [-0.15, -0.1) is 0 Å². The molecule has 2 aromatic carbocycles. The molecule has 28 heavy (non-hydrogen) atoms. The van der Waals surface area contributed by atoms with Crippen LogP contribution >= 0.6 is 23.2 Å². The molecule has 0 aliphatic rings. The van der Waals surface area contributed by atoms with Crippen LogP contribution in [0.2, 0.25) is 10.0 Å². The minimum atomic E-state index is -5.02. The third-order valence-corrected chi connectivity index (χ3v) is 5.06. The number of nitrogens with zero attached hydrogens (tertiary/aromatic N) is 1. The summed E-state index contributed by atoms with van der Waals surface area (Å²) in [6.45, 7) is 1.07. The Morgan fingerprint density at radius 2 is 1.75 bits per heavy atom. The number of ketones is 1. The molecular formula is C19H13Cl2F3N2O2. The van der Waals surface area contributed by atoms with E-state index >= 15 is 0 Å². The molecule has 146 valence electrons. The van der Waals surface area contributed by atoms with Gasteiger partial charge in [0.2, 0.25) is 5.91 Å². The maximum atomic E-state index is 13.0. The van der Waals surface area contributed by atoms with Gasteiger partial charge in [-0.1, -0.05) is 47.5 Å². The van der Waals surface area contributed by atoms with E-state index in [1.54, 1.807) is 30.3 Å². The highest BCUT2D eigenvalue weighted by molar-refractivity contribution is 6.44. The predicted octanol–water partition coefficient (Wildman–Crippen LogP) is 5.64. The molecule has 0 unspecified atom stereocenters. The molecule has 3 aromatic rings. The van der Waals surface area contributed by atoms with E-state index < -0.39 is 23.4 Å². The predicted molar refractivity (Wildman–Crippen MR) is 102 cm³/mol. The second-order valence-electron chi connectivity index (χ2n) is 6.04. The quantitative estimate of drug-likeness (QED) is 0.546. The van der Waals surface area contributed by atoms with Crippen LogP contribution in [0, 0.1) is 6.92 Å². The number of para-hydroxylation sites is 1. The van der Waals surface area contributed by atoms with E-state index in [1.165, 1.54) is 23.6 Å². The standard InChI is InChI=1S/C19H13Cl2F3N2O2/c1-10-16(18(28)19(22,23)24)11-5-2-3-8-14(11)26(10)9-15(27)25-13-7-4-6-12(20)17(13)21/h2-8H,9H2,1H3,(H,25,27). The lowest BCUT2D eigenvalue weighted by Crippen LogP contribution is -2.24. The normalized spacial score (nSPS) is 11.6. The Morgan fingerprint density at radius 1 is 1.07 bits per heavy atom. The smallest absolute Gasteiger partial charge is 0.335 e. The fraction of sp³-hybridized carbons (Fsp3) is 0.158. The summed E-state index contributed by atoms with van der Waals surface area (Å²) in [5.74, 6) is -2.47. The lowest BCUT2D eigenvalue weighted by molar-refractivity contribution is -0.116. The van der Waals surface area contributed by atoms with Gasteiger partial charge in [0.15, 0.2) is 0 Å². The van der Waals surface area contributed by atoms with E-state index in [2.05, 4.69) is 5.32 Å². The van der Waals surface area contributed by atoms with Gasteiger partial charge in [0.25, 0.3) is 5.78 Å². The molecule has 0 aliphatic carbocycles. The number of amides is 1. The van der Waals surface area contributed by atoms with Gasteiger partial charge in [-0.25, -0.2) is 0 Å². The molecule has 0 bridgehead atoms. The number of nitrogens with one attached hydrogen (secondary N) is 1. The fourth-order valence-electron chi connectivity index (χ4n) is 3.00. The second-order valence-corrected chi connectivity index (χ2v) is 6.83. The Kier molecular flexibility index (Phi) is 5.41. The Balaban J connectivity index is 2.00. The third-order valence-electron chi connectivity index (χ3n) is 4.24. The SMILES string of the molecule is Cc1c(C(=O)C(F)(F)F)c2ccccc2n1CC(=O)Nc1cccc(Cl)c1Cl. The zero-order chi connectivity index (χ0) is 20.6. The number of anilines is 1. The van der Waals surface area contributed by atoms with Gasteiger partial charge in [0.05, 0.1) is 21.3 Å². The molecule has 0 radical (unpaired) electrons. The van der Waals surface area contributed by atoms with E-state index in [9.17, 15) is 22.8 Å². The summed E-state index contributed by atoms with van der Waals surface area (Å²) in [5.41, 5.74) is 0.215. The van der Waals surface area contributed by atoms with Crippen molar-refractivity contribution in [3.8, 4) is 0 Å². The molecule has 0 spiro atoms. The van der Waals surface area contributed by atoms with Gasteiger partial charge in [0, 0.05) is 16.6 Å². The zero-order valence-corrected chi connectivity index (χ0v) is 15.9. The summed E-state index contributed by atoms with van der Waals surface area (Å²) in [7, 11) is 0. The minimum absolute atomic E-state index is 0.0517. The van der Waals surface area contributed by atoms with Crippen LogP contribution in [0.3, 0.4) is 0 Å². The van der Waals surface area contributed by atoms with Gasteiger partial charge >= 0.3 is 6.18 Å². The van der Waals surface area contributed by atoms with Crippen LogP contribution in [0.4, 0.5) is 18.9 Å². The van der Waals surface area contributed by atoms with Crippen molar-refractivity contribution in [3.63, 3.8) is 0 Å². The minimum Gasteiger partial charge on any atom is -0.335 e. The van der Waals surface area contributed by atoms with Crippen LogP contribution in [-0.2, 0) is 11.3 Å². The Hall–Kier alpha value is -2.51. The van der Waals surface area contributed by atoms with Crippen molar-refractivity contribution < 1.29 is 22.8 Å². The van der Waals surface area contributed by atoms with Crippen LogP contribution in [0.1, 0.15) is 16.1 Å². The molecule has 0 atom stereocenters. The first kappa shape index (κ1) is 20.2. The average Bonchev–Trinajstić information content (AvgIpc) is 2.89. The van der Waals surface area contributed by atoms with E-state index in [1.807, 2.05) is 0 Å². The highest BCUT2D eigenvalue weighted by Gasteiger charge is 2.42. The van der Waals surface area contributed by atoms with Crippen molar-refractivity contribution in [3.05, 3.63) is 63.8 Å². The number of aromatic nitrogens is 1. The molecule has 1 N–H and O–H groups in total. The lowest BCUT2D eigenvalue weighted by atomic mass is 10.1. The molecule has 1 heterocycles. The molecule has 0 aliphatic heterocycles. The second kappa shape index (κ2) is 7.48. The number of carbonyl (C=O) groups is 2. The van der Waals surface area contributed by atoms with Crippen LogP contribution in [0.25, 0.3) is 10.9 Å². The van der Waals surface area contributed by atoms with Crippen molar-refractivity contribution in [1.29, 1.82) is 0 Å². The molecule has 9 heteroatoms. The van der Waals surface area contributed by atoms with Crippen LogP contribution < -0.4 is 5.32 Å². The monoisotopic (exact) mass is 428 g/mol. The van der Waals surface area contributed by atoms with Crippen molar-refractivity contribution in [2.24, 2.45) is 0 Å². The first-order valence-electron chi connectivity index (χ1n) is 8.04. The summed E-state index contributed by atoms with van der Waals surface area (Å²) in [4.78, 5) is 24.4. The molecule has 0 saturated carbocycles. The summed E-state index contributed by atoms with van der Waals surface area (Å²) < 4.78 is 40.4. The highest BCUT2D eigenvalue weighted by atomic mass is 35.5. The van der Waals surface area contributed by atoms with E-state index in [0.29, 0.717) is 5.52 Å². The van der Waals surface area contributed by atoms with E-state index in [-0.39, 0.29) is 33.4 Å². The third kappa shape index (κ3) is 3.72. The summed E-state index contributed by atoms with van der Waals surface area (Å²) in [6.07, 6.45) is -5.02. The zero-order valence-electron chi connectivity index (χ0n) is 14.4. The van der Waals surface area contributed by atoms with E-state index in [0.717, 1.165) is 0 Å². The van der Waals surface area contributed by atoms with Crippen LogP contribution in [0.5, 0.6) is 0 Å². The molecule has 0 fully saturated rings. The first-order valence-corrected chi connectivity index (χ1v) is 8.80. The molecule has 1 aromatic heterocycles. The number of alkyl halides is 3. The number of carbonyl (C=O) groups excluding carboxylic acids is 2. The number of hydrogen-bond donors (Lipinski definition) is 1. The largest absolute Gasteiger partial charge is 0.454 e. The summed E-state index contributed by atoms with van der Waals surface area (Å²) in [5, 5.41) is 3.11. The summed E-state index contributed by atoms with van der Waals surface area (Å²) >= 11 is 11.9. The van der Waals surface area contributed by atoms with Crippen LogP contribution in [0.15, 0.2) is 42.5 Å². The van der Waals surface area contributed by atoms with Gasteiger partial charge in [-0.05, 0) is 25.1 Å². The number of benzene rings is 2. The Morgan fingerprint density at radius 3 is 2.43 bits per heavy atom. The molecule has 4 nitrogen and oxygen atoms in total. The fourth-order valence-corrected chi connectivity index (χ4v) is 3.34. The lowest BCUT2D eigenvalue weighted by Gasteiger charge is -2.11. The van der Waals surface area contributed by atoms with Gasteiger partial charge in [-0.2, -0.15) is 13.2 Å². The number of halogens is 5. The molecule has 0 saturated heterocycles. The number of Topliss-reactive ketones (excluding diaryl/α,β-unsaturated/α-hetero) is 1. The highest BCUT2D eigenvalue weighted by Crippen LogP contribution is 2.32. The Labute approximate surface area is 167 Å². The van der Waals surface area contributed by atoms with Crippen molar-refractivity contribution in [2.75, 3.05) is 5.32 Å². The molecular weight excluding hydrogens is 416 g/mol. The maximum Gasteiger partial charge on any atom is 0.454 e. The van der Waals surface area contributed by atoms with Gasteiger partial charge in [0.1, 0.15) is 6.54 Å². The molecule has 3 rings (SSSR count). The number of rotatable bonds is 4. The summed E-state index contributed by atoms with van der Waals surface area (Å²) in [6, 6.07) is 10.8. The first-order chi connectivity index (χ1) is 13.1. The molecule has 1 amide bonds. The van der Waals surface area contributed by atoms with Gasteiger partial charge in [-0.3, -0.25) is 9.59 Å².